The predicted octanol–water partition coefficient (Wildman–Crippen LogP) is 1.70. The highest BCUT2D eigenvalue weighted by Gasteiger charge is 2.04. The maximum absolute atomic E-state index is 11.4. The first-order chi connectivity index (χ1) is 18.2. The fourth-order valence-corrected chi connectivity index (χ4v) is 2.76. The van der Waals surface area contributed by atoms with E-state index in [2.05, 4.69) is 15.9 Å². The van der Waals surface area contributed by atoms with Crippen LogP contribution in [0, 0.1) is 0 Å². The summed E-state index contributed by atoms with van der Waals surface area (Å²) in [4.78, 5) is 21.8. The van der Waals surface area contributed by atoms with Crippen molar-refractivity contribution in [3.05, 3.63) is 0 Å². The molecule has 0 aromatic heterocycles. The molecule has 0 unspecified atom stereocenters. The zero-order valence-corrected chi connectivity index (χ0v) is 23.5. The molecule has 1 N–H and O–H groups in total. The Morgan fingerprint density at radius 3 is 1.08 bits per heavy atom. The second kappa shape index (κ2) is 31.3. The molecule has 37 heavy (non-hydrogen) atoms. The molecule has 12 nitrogen and oxygen atoms in total. The van der Waals surface area contributed by atoms with Gasteiger partial charge in [-0.1, -0.05) is 15.9 Å². The molecule has 0 radical (unpaired) electrons. The van der Waals surface area contributed by atoms with E-state index in [1.54, 1.807) is 0 Å². The van der Waals surface area contributed by atoms with Gasteiger partial charge < -0.3 is 47.7 Å². The first-order valence-corrected chi connectivity index (χ1v) is 13.8. The molecule has 0 aromatic carbocycles. The monoisotopic (exact) mass is 604 g/mol. The standard InChI is InChI=1S/C24H45BrO12/c25-5-6-29-7-8-30-9-10-31-11-12-32-13-14-33-15-16-34-17-18-35-19-20-36-21-22-37-24(28)4-2-1-3-23(26)27/h1-22H2,(H,26,27). The SMILES string of the molecule is O=C(O)CCCCC(=O)OCCOCCOCCOCCOCCOCCOCCOCCOCCBr. The van der Waals surface area contributed by atoms with E-state index in [0.29, 0.717) is 112 Å². The highest BCUT2D eigenvalue weighted by molar-refractivity contribution is 9.09. The lowest BCUT2D eigenvalue weighted by molar-refractivity contribution is -0.146. The number of aliphatic carboxylic acids is 1. The fraction of sp³-hybridized carbons (Fsp3) is 0.917. The van der Waals surface area contributed by atoms with Crippen LogP contribution in [0.15, 0.2) is 0 Å². The van der Waals surface area contributed by atoms with Gasteiger partial charge in [0.05, 0.1) is 106 Å². The van der Waals surface area contributed by atoms with E-state index in [1.165, 1.54) is 0 Å². The molecule has 0 rings (SSSR count). The van der Waals surface area contributed by atoms with Crippen molar-refractivity contribution in [1.82, 2.24) is 0 Å². The smallest absolute Gasteiger partial charge is 0.305 e. The minimum atomic E-state index is -0.860. The Morgan fingerprint density at radius 1 is 0.459 bits per heavy atom. The summed E-state index contributed by atoms with van der Waals surface area (Å²) in [5.41, 5.74) is 0. The van der Waals surface area contributed by atoms with E-state index in [4.69, 9.17) is 47.7 Å². The van der Waals surface area contributed by atoms with Gasteiger partial charge in [0.2, 0.25) is 0 Å². The third-order valence-electron chi connectivity index (χ3n) is 4.34. The molecule has 0 amide bonds. The number of esters is 1. The predicted molar refractivity (Wildman–Crippen MR) is 137 cm³/mol. The second-order valence-corrected chi connectivity index (χ2v) is 8.20. The molecule has 0 saturated heterocycles. The van der Waals surface area contributed by atoms with Gasteiger partial charge in [-0.15, -0.1) is 0 Å². The summed E-state index contributed by atoms with van der Waals surface area (Å²) < 4.78 is 48.0. The van der Waals surface area contributed by atoms with E-state index in [0.717, 1.165) is 5.33 Å². The van der Waals surface area contributed by atoms with Crippen molar-refractivity contribution in [3.63, 3.8) is 0 Å². The number of carbonyl (C=O) groups is 2. The minimum absolute atomic E-state index is 0.0645. The molecular formula is C24H45BrO12. The largest absolute Gasteiger partial charge is 0.481 e. The summed E-state index contributed by atoms with van der Waals surface area (Å²) in [6.07, 6.45) is 1.25. The Bertz CT molecular complexity index is 498. The number of carbonyl (C=O) groups excluding carboxylic acids is 1. The number of halogens is 1. The molecule has 0 aliphatic carbocycles. The summed E-state index contributed by atoms with van der Waals surface area (Å²) in [5.74, 6) is -1.20. The molecule has 220 valence electrons. The molecule has 0 fully saturated rings. The first kappa shape index (κ1) is 36.1. The van der Waals surface area contributed by atoms with Gasteiger partial charge in [0.15, 0.2) is 0 Å². The summed E-state index contributed by atoms with van der Waals surface area (Å²) in [7, 11) is 0. The number of unbranched alkanes of at least 4 members (excludes halogenated alkanes) is 1. The molecule has 0 heterocycles. The van der Waals surface area contributed by atoms with Crippen LogP contribution in [-0.4, -0.2) is 135 Å². The van der Waals surface area contributed by atoms with Gasteiger partial charge in [-0.2, -0.15) is 0 Å². The van der Waals surface area contributed by atoms with Crippen molar-refractivity contribution in [2.45, 2.75) is 25.7 Å². The molecule has 13 heteroatoms. The highest BCUT2D eigenvalue weighted by Crippen LogP contribution is 2.01. The van der Waals surface area contributed by atoms with Crippen molar-refractivity contribution >= 4 is 27.9 Å². The number of rotatable bonds is 31. The van der Waals surface area contributed by atoms with Crippen molar-refractivity contribution in [3.8, 4) is 0 Å². The second-order valence-electron chi connectivity index (χ2n) is 7.41. The Kier molecular flexibility index (Phi) is 30.6. The summed E-state index contributed by atoms with van der Waals surface area (Å²) in [6, 6.07) is 0. The normalized spacial score (nSPS) is 11.2. The molecule has 0 atom stereocenters. The van der Waals surface area contributed by atoms with Gasteiger partial charge in [-0.3, -0.25) is 9.59 Å². The van der Waals surface area contributed by atoms with E-state index in [-0.39, 0.29) is 32.0 Å². The van der Waals surface area contributed by atoms with Crippen LogP contribution in [0.5, 0.6) is 0 Å². The van der Waals surface area contributed by atoms with E-state index in [1.807, 2.05) is 0 Å². The lowest BCUT2D eigenvalue weighted by atomic mass is 10.2. The maximum atomic E-state index is 11.4. The molecular weight excluding hydrogens is 560 g/mol. The van der Waals surface area contributed by atoms with Gasteiger partial charge >= 0.3 is 11.9 Å². The molecule has 0 saturated carbocycles. The zero-order valence-electron chi connectivity index (χ0n) is 21.9. The van der Waals surface area contributed by atoms with E-state index < -0.39 is 5.97 Å². The van der Waals surface area contributed by atoms with Crippen molar-refractivity contribution in [2.24, 2.45) is 0 Å². The summed E-state index contributed by atoms with van der Waals surface area (Å²) >= 11 is 3.29. The Balaban J connectivity index is 3.09. The van der Waals surface area contributed by atoms with Crippen LogP contribution in [0.2, 0.25) is 0 Å². The van der Waals surface area contributed by atoms with Gasteiger partial charge in [0, 0.05) is 18.2 Å². The lowest BCUT2D eigenvalue weighted by Gasteiger charge is -2.09. The Hall–Kier alpha value is -0.900. The van der Waals surface area contributed by atoms with Gasteiger partial charge in [0.25, 0.3) is 0 Å². The minimum Gasteiger partial charge on any atom is -0.481 e. The lowest BCUT2D eigenvalue weighted by Crippen LogP contribution is -2.15. The van der Waals surface area contributed by atoms with Crippen LogP contribution in [0.4, 0.5) is 0 Å². The first-order valence-electron chi connectivity index (χ1n) is 12.7. The zero-order chi connectivity index (χ0) is 27.1. The third-order valence-corrected chi connectivity index (χ3v) is 4.66. The molecule has 0 aliphatic heterocycles. The van der Waals surface area contributed by atoms with E-state index in [9.17, 15) is 9.59 Å². The van der Waals surface area contributed by atoms with Crippen molar-refractivity contribution in [2.75, 3.05) is 118 Å². The van der Waals surface area contributed by atoms with Crippen LogP contribution < -0.4 is 0 Å². The van der Waals surface area contributed by atoms with Crippen LogP contribution in [0.25, 0.3) is 0 Å². The Labute approximate surface area is 228 Å². The van der Waals surface area contributed by atoms with E-state index >= 15 is 0 Å². The van der Waals surface area contributed by atoms with Crippen molar-refractivity contribution < 1.29 is 57.3 Å². The number of alkyl halides is 1. The van der Waals surface area contributed by atoms with Gasteiger partial charge in [-0.05, 0) is 12.8 Å². The van der Waals surface area contributed by atoms with Crippen LogP contribution >= 0.6 is 15.9 Å². The number of hydrogen-bond acceptors (Lipinski definition) is 11. The quantitative estimate of drug-likeness (QED) is 0.0700. The average molecular weight is 606 g/mol. The third kappa shape index (κ3) is 33.1. The fourth-order valence-electron chi connectivity index (χ4n) is 2.53. The summed E-state index contributed by atoms with van der Waals surface area (Å²) in [5, 5.41) is 9.35. The maximum Gasteiger partial charge on any atom is 0.305 e. The average Bonchev–Trinajstić information content (AvgIpc) is 2.88. The molecule has 0 bridgehead atoms. The molecule has 0 aromatic rings. The molecule has 0 aliphatic rings. The van der Waals surface area contributed by atoms with Gasteiger partial charge in [0.1, 0.15) is 6.61 Å². The number of hydrogen-bond donors (Lipinski definition) is 1. The van der Waals surface area contributed by atoms with Crippen LogP contribution in [-0.2, 0) is 52.2 Å². The number of carboxylic acids is 1. The topological polar surface area (TPSA) is 137 Å². The van der Waals surface area contributed by atoms with Crippen LogP contribution in [0.3, 0.4) is 0 Å². The molecule has 0 spiro atoms. The number of carboxylic acid groups (broad SMARTS) is 1. The Morgan fingerprint density at radius 2 is 0.757 bits per heavy atom. The van der Waals surface area contributed by atoms with Crippen LogP contribution in [0.1, 0.15) is 25.7 Å². The van der Waals surface area contributed by atoms with Gasteiger partial charge in [-0.25, -0.2) is 0 Å². The highest BCUT2D eigenvalue weighted by atomic mass is 79.9. The summed E-state index contributed by atoms with van der Waals surface area (Å²) in [6.45, 7) is 8.09. The van der Waals surface area contributed by atoms with Crippen molar-refractivity contribution in [1.29, 1.82) is 0 Å². The number of ether oxygens (including phenoxy) is 9.